The molecule has 5 nitrogen and oxygen atoms in total. The van der Waals surface area contributed by atoms with Gasteiger partial charge in [-0.1, -0.05) is 11.6 Å². The fourth-order valence-corrected chi connectivity index (χ4v) is 2.52. The minimum atomic E-state index is -0.413. The summed E-state index contributed by atoms with van der Waals surface area (Å²) >= 11 is 11.8. The number of fused-ring (bicyclic) bond motifs is 1. The first-order valence-corrected chi connectivity index (χ1v) is 7.74. The van der Waals surface area contributed by atoms with E-state index in [1.807, 2.05) is 25.3 Å². The first-order chi connectivity index (χ1) is 9.93. The minimum absolute atomic E-state index is 0.0723. The standard InChI is InChI=1S/C14H18Cl2N4O/c1-8(2)18-14(21)9(3)20-12(4-5-15)19-11-6-10(16)7-17-13(11)20/h6-9H,4-5H2,1-3H3,(H,18,21). The summed E-state index contributed by atoms with van der Waals surface area (Å²) in [4.78, 5) is 21.1. The number of halogens is 2. The van der Waals surface area contributed by atoms with Crippen LogP contribution in [0.2, 0.25) is 5.02 Å². The predicted molar refractivity (Wildman–Crippen MR) is 85.0 cm³/mol. The van der Waals surface area contributed by atoms with Crippen LogP contribution in [0.25, 0.3) is 11.2 Å². The molecule has 7 heteroatoms. The third-order valence-corrected chi connectivity index (χ3v) is 3.48. The molecule has 0 aliphatic heterocycles. The van der Waals surface area contributed by atoms with Gasteiger partial charge in [-0.15, -0.1) is 11.6 Å². The Hall–Kier alpha value is -1.33. The number of carbonyl (C=O) groups is 1. The molecular formula is C14H18Cl2N4O. The fraction of sp³-hybridized carbons (Fsp3) is 0.500. The van der Waals surface area contributed by atoms with E-state index in [9.17, 15) is 4.79 Å². The second-order valence-electron chi connectivity index (χ2n) is 5.17. The van der Waals surface area contributed by atoms with E-state index in [0.29, 0.717) is 28.5 Å². The molecule has 2 rings (SSSR count). The van der Waals surface area contributed by atoms with Gasteiger partial charge in [0.1, 0.15) is 17.4 Å². The molecule has 0 spiro atoms. The molecule has 1 unspecified atom stereocenters. The number of amides is 1. The maximum atomic E-state index is 12.3. The smallest absolute Gasteiger partial charge is 0.243 e. The van der Waals surface area contributed by atoms with Crippen molar-refractivity contribution < 1.29 is 4.79 Å². The van der Waals surface area contributed by atoms with Crippen molar-refractivity contribution in [3.05, 3.63) is 23.1 Å². The average molecular weight is 329 g/mol. The number of carbonyl (C=O) groups excluding carboxylic acids is 1. The largest absolute Gasteiger partial charge is 0.352 e. The molecule has 0 aliphatic carbocycles. The SMILES string of the molecule is CC(C)NC(=O)C(C)n1c(CCCl)nc2cc(Cl)cnc21. The van der Waals surface area contributed by atoms with Crippen molar-refractivity contribution in [3.8, 4) is 0 Å². The highest BCUT2D eigenvalue weighted by Crippen LogP contribution is 2.23. The lowest BCUT2D eigenvalue weighted by molar-refractivity contribution is -0.124. The van der Waals surface area contributed by atoms with Crippen LogP contribution in [0.1, 0.15) is 32.6 Å². The predicted octanol–water partition coefficient (Wildman–Crippen LogP) is 2.95. The van der Waals surface area contributed by atoms with Crippen molar-refractivity contribution in [1.82, 2.24) is 19.9 Å². The van der Waals surface area contributed by atoms with Crippen molar-refractivity contribution in [2.75, 3.05) is 5.88 Å². The van der Waals surface area contributed by atoms with Crippen LogP contribution >= 0.6 is 23.2 Å². The summed E-state index contributed by atoms with van der Waals surface area (Å²) in [6.07, 6.45) is 2.12. The van der Waals surface area contributed by atoms with Gasteiger partial charge in [-0.2, -0.15) is 0 Å². The molecule has 2 aromatic heterocycles. The lowest BCUT2D eigenvalue weighted by atomic mass is 10.2. The third-order valence-electron chi connectivity index (χ3n) is 3.09. The second-order valence-corrected chi connectivity index (χ2v) is 5.99. The molecule has 0 fully saturated rings. The zero-order chi connectivity index (χ0) is 15.6. The minimum Gasteiger partial charge on any atom is -0.352 e. The molecule has 114 valence electrons. The maximum absolute atomic E-state index is 12.3. The molecule has 1 N–H and O–H groups in total. The number of aromatic nitrogens is 3. The van der Waals surface area contributed by atoms with Gasteiger partial charge in [-0.25, -0.2) is 9.97 Å². The lowest BCUT2D eigenvalue weighted by Crippen LogP contribution is -2.36. The van der Waals surface area contributed by atoms with Crippen LogP contribution in [0.15, 0.2) is 12.3 Å². The summed E-state index contributed by atoms with van der Waals surface area (Å²) in [7, 11) is 0. The van der Waals surface area contributed by atoms with E-state index in [4.69, 9.17) is 23.2 Å². The summed E-state index contributed by atoms with van der Waals surface area (Å²) in [5, 5.41) is 3.42. The first-order valence-electron chi connectivity index (χ1n) is 6.82. The zero-order valence-corrected chi connectivity index (χ0v) is 13.7. The topological polar surface area (TPSA) is 59.8 Å². The number of imidazole rings is 1. The number of pyridine rings is 1. The highest BCUT2D eigenvalue weighted by atomic mass is 35.5. The summed E-state index contributed by atoms with van der Waals surface area (Å²) < 4.78 is 1.83. The van der Waals surface area contributed by atoms with Gasteiger partial charge in [0.25, 0.3) is 0 Å². The van der Waals surface area contributed by atoms with Gasteiger partial charge < -0.3 is 9.88 Å². The van der Waals surface area contributed by atoms with Crippen LogP contribution in [0, 0.1) is 0 Å². The van der Waals surface area contributed by atoms with E-state index in [1.165, 1.54) is 0 Å². The number of nitrogens with zero attached hydrogens (tertiary/aromatic N) is 3. The number of aryl methyl sites for hydroxylation is 1. The highest BCUT2D eigenvalue weighted by molar-refractivity contribution is 6.31. The molecule has 2 aromatic rings. The van der Waals surface area contributed by atoms with Crippen molar-refractivity contribution in [3.63, 3.8) is 0 Å². The van der Waals surface area contributed by atoms with Crippen LogP contribution in [0.3, 0.4) is 0 Å². The van der Waals surface area contributed by atoms with E-state index < -0.39 is 6.04 Å². The number of alkyl halides is 1. The van der Waals surface area contributed by atoms with Gasteiger partial charge in [0.15, 0.2) is 5.65 Å². The van der Waals surface area contributed by atoms with Crippen LogP contribution in [0.5, 0.6) is 0 Å². The van der Waals surface area contributed by atoms with Gasteiger partial charge in [-0.3, -0.25) is 4.79 Å². The van der Waals surface area contributed by atoms with Crippen LogP contribution < -0.4 is 5.32 Å². The van der Waals surface area contributed by atoms with E-state index in [0.717, 1.165) is 5.82 Å². The Balaban J connectivity index is 2.49. The average Bonchev–Trinajstić information content (AvgIpc) is 2.74. The Morgan fingerprint density at radius 2 is 2.14 bits per heavy atom. The first kappa shape index (κ1) is 16.0. The summed E-state index contributed by atoms with van der Waals surface area (Å²) in [5.74, 6) is 1.09. The Kier molecular flexibility index (Phi) is 5.06. The van der Waals surface area contributed by atoms with Crippen LogP contribution in [0.4, 0.5) is 0 Å². The van der Waals surface area contributed by atoms with Crippen molar-refractivity contribution in [2.45, 2.75) is 39.3 Å². The number of rotatable bonds is 5. The van der Waals surface area contributed by atoms with Gasteiger partial charge in [0.05, 0.1) is 5.02 Å². The van der Waals surface area contributed by atoms with Gasteiger partial charge >= 0.3 is 0 Å². The number of nitrogens with one attached hydrogen (secondary N) is 1. The summed E-state index contributed by atoms with van der Waals surface area (Å²) in [5.41, 5.74) is 1.32. The van der Waals surface area contributed by atoms with Crippen LogP contribution in [-0.4, -0.2) is 32.4 Å². The summed E-state index contributed by atoms with van der Waals surface area (Å²) in [6.45, 7) is 5.68. The monoisotopic (exact) mass is 328 g/mol. The molecule has 0 aliphatic rings. The van der Waals surface area contributed by atoms with Crippen LogP contribution in [-0.2, 0) is 11.2 Å². The van der Waals surface area contributed by atoms with Crippen molar-refractivity contribution in [2.24, 2.45) is 0 Å². The Morgan fingerprint density at radius 1 is 1.43 bits per heavy atom. The molecule has 1 atom stereocenters. The van der Waals surface area contributed by atoms with Gasteiger partial charge in [-0.05, 0) is 26.8 Å². The highest BCUT2D eigenvalue weighted by Gasteiger charge is 2.22. The quantitative estimate of drug-likeness (QED) is 0.858. The Morgan fingerprint density at radius 3 is 2.76 bits per heavy atom. The molecule has 2 heterocycles. The maximum Gasteiger partial charge on any atom is 0.243 e. The normalized spacial score (nSPS) is 12.9. The molecule has 0 aromatic carbocycles. The number of hydrogen-bond donors (Lipinski definition) is 1. The zero-order valence-electron chi connectivity index (χ0n) is 12.2. The van der Waals surface area contributed by atoms with E-state index >= 15 is 0 Å². The molecular weight excluding hydrogens is 311 g/mol. The van der Waals surface area contributed by atoms with Gasteiger partial charge in [0, 0.05) is 24.5 Å². The second kappa shape index (κ2) is 6.62. The Bertz CT molecular complexity index is 654. The van der Waals surface area contributed by atoms with Crippen molar-refractivity contribution >= 4 is 40.3 Å². The lowest BCUT2D eigenvalue weighted by Gasteiger charge is -2.18. The number of hydrogen-bond acceptors (Lipinski definition) is 3. The van der Waals surface area contributed by atoms with Gasteiger partial charge in [0.2, 0.25) is 5.91 Å². The van der Waals surface area contributed by atoms with Crippen molar-refractivity contribution in [1.29, 1.82) is 0 Å². The molecule has 0 bridgehead atoms. The summed E-state index contributed by atoms with van der Waals surface area (Å²) in [6, 6.07) is 1.41. The van der Waals surface area contributed by atoms with E-state index in [2.05, 4.69) is 15.3 Å². The van der Waals surface area contributed by atoms with E-state index in [1.54, 1.807) is 12.3 Å². The molecule has 21 heavy (non-hydrogen) atoms. The fourth-order valence-electron chi connectivity index (χ4n) is 2.19. The molecule has 0 saturated carbocycles. The van der Waals surface area contributed by atoms with E-state index in [-0.39, 0.29) is 11.9 Å². The molecule has 1 amide bonds. The Labute approximate surface area is 133 Å². The third kappa shape index (κ3) is 3.47. The molecule has 0 radical (unpaired) electrons. The molecule has 0 saturated heterocycles.